The number of hydrogen-bond acceptors (Lipinski definition) is 4. The van der Waals surface area contributed by atoms with Gasteiger partial charge in [0.1, 0.15) is 12.1 Å². The fourth-order valence-corrected chi connectivity index (χ4v) is 3.38. The van der Waals surface area contributed by atoms with Gasteiger partial charge in [-0.3, -0.25) is 19.9 Å². The van der Waals surface area contributed by atoms with Crippen molar-refractivity contribution in [2.45, 2.75) is 37.8 Å². The first-order chi connectivity index (χ1) is 12.0. The molecule has 7 nitrogen and oxygen atoms in total. The van der Waals surface area contributed by atoms with Crippen LogP contribution in [0.4, 0.5) is 10.5 Å². The quantitative estimate of drug-likeness (QED) is 0.621. The molecule has 1 aliphatic heterocycles. The highest BCUT2D eigenvalue weighted by atomic mass is 35.5. The van der Waals surface area contributed by atoms with Crippen molar-refractivity contribution in [3.05, 3.63) is 29.3 Å². The second-order valence-electron chi connectivity index (χ2n) is 6.31. The Bertz CT molecular complexity index is 736. The number of quaternary nitrogens is 1. The van der Waals surface area contributed by atoms with E-state index in [4.69, 9.17) is 11.6 Å². The Kier molecular flexibility index (Phi) is 5.15. The van der Waals surface area contributed by atoms with E-state index in [-0.39, 0.29) is 22.8 Å². The number of barbiturate groups is 1. The number of aliphatic imine (C=N–C) groups is 1. The Morgan fingerprint density at radius 3 is 2.64 bits per heavy atom. The van der Waals surface area contributed by atoms with E-state index in [0.29, 0.717) is 0 Å². The number of anilines is 1. The van der Waals surface area contributed by atoms with Crippen molar-refractivity contribution in [1.82, 2.24) is 5.32 Å². The maximum absolute atomic E-state index is 12.7. The second-order valence-corrected chi connectivity index (χ2v) is 6.71. The molecule has 2 fully saturated rings. The van der Waals surface area contributed by atoms with Gasteiger partial charge in [0.05, 0.1) is 10.7 Å². The largest absolute Gasteiger partial charge is 0.353 e. The van der Waals surface area contributed by atoms with Gasteiger partial charge in [-0.25, -0.2) is 9.69 Å². The van der Waals surface area contributed by atoms with Crippen molar-refractivity contribution >= 4 is 41.3 Å². The topological polar surface area (TPSA) is 106 Å². The van der Waals surface area contributed by atoms with Crippen molar-refractivity contribution in [2.75, 3.05) is 4.90 Å². The zero-order valence-corrected chi connectivity index (χ0v) is 14.4. The van der Waals surface area contributed by atoms with Gasteiger partial charge in [-0.15, -0.1) is 0 Å². The number of nitrogens with one attached hydrogen (secondary N) is 1. The summed E-state index contributed by atoms with van der Waals surface area (Å²) >= 11 is 6.09. The predicted octanol–water partition coefficient (Wildman–Crippen LogP) is 1.16. The third-order valence-corrected chi connectivity index (χ3v) is 4.91. The molecular weight excluding hydrogens is 344 g/mol. The van der Waals surface area contributed by atoms with Gasteiger partial charge in [0.25, 0.3) is 5.91 Å². The molecule has 0 spiro atoms. The molecule has 0 aromatic heterocycles. The van der Waals surface area contributed by atoms with E-state index in [0.717, 1.165) is 30.6 Å². The third kappa shape index (κ3) is 3.57. The number of benzene rings is 1. The molecule has 1 aromatic carbocycles. The Balaban J connectivity index is 1.84. The number of para-hydroxylation sites is 1. The molecule has 4 N–H and O–H groups in total. The van der Waals surface area contributed by atoms with Crippen LogP contribution in [0.15, 0.2) is 29.3 Å². The lowest BCUT2D eigenvalue weighted by molar-refractivity contribution is -0.428. The van der Waals surface area contributed by atoms with E-state index in [1.807, 2.05) is 0 Å². The Morgan fingerprint density at radius 2 is 1.92 bits per heavy atom. The van der Waals surface area contributed by atoms with E-state index in [9.17, 15) is 14.4 Å². The first kappa shape index (κ1) is 17.6. The lowest BCUT2D eigenvalue weighted by atomic mass is 9.91. The van der Waals surface area contributed by atoms with E-state index in [1.54, 1.807) is 24.3 Å². The maximum Gasteiger partial charge on any atom is 0.335 e. The highest BCUT2D eigenvalue weighted by Gasteiger charge is 2.41. The number of rotatable bonds is 3. The molecule has 1 heterocycles. The number of carbonyl (C=O) groups is 3. The average molecular weight is 364 g/mol. The van der Waals surface area contributed by atoms with Crippen LogP contribution in [-0.2, 0) is 9.59 Å². The minimum absolute atomic E-state index is 0.000686. The van der Waals surface area contributed by atoms with Gasteiger partial charge in [0.15, 0.2) is 5.92 Å². The SMILES string of the molecule is [NH3+][C@H]1CCCC[C@@H]1N=C[C@@H]1C(=O)NC(=O)N(c2ccccc2Cl)C1=O. The van der Waals surface area contributed by atoms with E-state index >= 15 is 0 Å². The number of carbonyl (C=O) groups excluding carboxylic acids is 3. The molecule has 1 saturated heterocycles. The zero-order chi connectivity index (χ0) is 18.0. The van der Waals surface area contributed by atoms with Crippen LogP contribution in [0.3, 0.4) is 0 Å². The lowest BCUT2D eigenvalue weighted by Gasteiger charge is -2.29. The summed E-state index contributed by atoms with van der Waals surface area (Å²) in [5.41, 5.74) is 4.33. The number of nitrogens with zero attached hydrogens (tertiary/aromatic N) is 2. The molecule has 0 radical (unpaired) electrons. The van der Waals surface area contributed by atoms with Gasteiger partial charge >= 0.3 is 6.03 Å². The van der Waals surface area contributed by atoms with Crippen molar-refractivity contribution in [1.29, 1.82) is 0 Å². The predicted molar refractivity (Wildman–Crippen MR) is 93.4 cm³/mol. The molecule has 1 aromatic rings. The molecule has 0 unspecified atom stereocenters. The molecule has 0 bridgehead atoms. The van der Waals surface area contributed by atoms with Crippen molar-refractivity contribution in [3.63, 3.8) is 0 Å². The summed E-state index contributed by atoms with van der Waals surface area (Å²) in [6.45, 7) is 0. The molecule has 8 heteroatoms. The Labute approximate surface area is 150 Å². The number of imide groups is 2. The van der Waals surface area contributed by atoms with E-state index in [1.165, 1.54) is 6.21 Å². The van der Waals surface area contributed by atoms with Gasteiger partial charge < -0.3 is 5.73 Å². The summed E-state index contributed by atoms with van der Waals surface area (Å²) < 4.78 is 0. The summed E-state index contributed by atoms with van der Waals surface area (Å²) in [5.74, 6) is -2.47. The van der Waals surface area contributed by atoms with Gasteiger partial charge in [0.2, 0.25) is 5.91 Å². The standard InChI is InChI=1S/C17H19ClN4O3/c18-11-5-1-4-8-14(11)22-16(24)10(15(23)21-17(22)25)9-20-13-7-3-2-6-12(13)19/h1,4-5,8-10,12-13H,2-3,6-7,19H2,(H,21,23,25)/p+1/t10-,12+,13+/m1/s1. The third-order valence-electron chi connectivity index (χ3n) is 4.59. The van der Waals surface area contributed by atoms with Crippen LogP contribution in [0.5, 0.6) is 0 Å². The minimum Gasteiger partial charge on any atom is -0.353 e. The molecule has 3 atom stereocenters. The maximum atomic E-state index is 12.7. The second kappa shape index (κ2) is 7.33. The van der Waals surface area contributed by atoms with Crippen LogP contribution in [0.1, 0.15) is 25.7 Å². The van der Waals surface area contributed by atoms with Crippen LogP contribution in [0.25, 0.3) is 0 Å². The number of urea groups is 1. The fourth-order valence-electron chi connectivity index (χ4n) is 3.16. The van der Waals surface area contributed by atoms with Crippen LogP contribution in [-0.4, -0.2) is 36.1 Å². The zero-order valence-electron chi connectivity index (χ0n) is 13.7. The minimum atomic E-state index is -1.15. The van der Waals surface area contributed by atoms with Crippen LogP contribution >= 0.6 is 11.6 Å². The first-order valence-electron chi connectivity index (χ1n) is 8.28. The monoisotopic (exact) mass is 363 g/mol. The summed E-state index contributed by atoms with van der Waals surface area (Å²) in [6.07, 6.45) is 5.40. The van der Waals surface area contributed by atoms with Crippen LogP contribution in [0.2, 0.25) is 5.02 Å². The van der Waals surface area contributed by atoms with Crippen LogP contribution in [0, 0.1) is 5.92 Å². The normalized spacial score (nSPS) is 27.7. The first-order valence-corrected chi connectivity index (χ1v) is 8.66. The highest BCUT2D eigenvalue weighted by molar-refractivity contribution is 6.38. The summed E-state index contributed by atoms with van der Waals surface area (Å²) in [4.78, 5) is 42.3. The molecule has 132 valence electrons. The molecule has 25 heavy (non-hydrogen) atoms. The average Bonchev–Trinajstić information content (AvgIpc) is 2.57. The highest BCUT2D eigenvalue weighted by Crippen LogP contribution is 2.28. The van der Waals surface area contributed by atoms with Crippen LogP contribution < -0.4 is 16.0 Å². The molecule has 4 amide bonds. The Morgan fingerprint density at radius 1 is 1.20 bits per heavy atom. The lowest BCUT2D eigenvalue weighted by Crippen LogP contribution is -2.66. The number of amides is 4. The smallest absolute Gasteiger partial charge is 0.335 e. The van der Waals surface area contributed by atoms with E-state index in [2.05, 4.69) is 16.0 Å². The fraction of sp³-hybridized carbons (Fsp3) is 0.412. The Hall–Kier alpha value is -2.25. The van der Waals surface area contributed by atoms with Gasteiger partial charge in [0, 0.05) is 12.6 Å². The summed E-state index contributed by atoms with van der Waals surface area (Å²) in [7, 11) is 0. The molecule has 1 aliphatic carbocycles. The van der Waals surface area contributed by atoms with Gasteiger partial charge in [-0.2, -0.15) is 0 Å². The molecule has 3 rings (SSSR count). The molecule has 1 saturated carbocycles. The number of hydrogen-bond donors (Lipinski definition) is 2. The van der Waals surface area contributed by atoms with Gasteiger partial charge in [-0.1, -0.05) is 30.2 Å². The molecular formula is C17H20ClN4O3+. The number of halogens is 1. The molecule has 2 aliphatic rings. The van der Waals surface area contributed by atoms with Crippen molar-refractivity contribution in [2.24, 2.45) is 10.9 Å². The summed E-state index contributed by atoms with van der Waals surface area (Å²) in [5, 5.41) is 2.45. The van der Waals surface area contributed by atoms with Crippen molar-refractivity contribution < 1.29 is 20.1 Å². The summed E-state index contributed by atoms with van der Waals surface area (Å²) in [6, 6.07) is 5.86. The van der Waals surface area contributed by atoms with E-state index < -0.39 is 23.8 Å². The van der Waals surface area contributed by atoms with Crippen molar-refractivity contribution in [3.8, 4) is 0 Å². The van der Waals surface area contributed by atoms with Gasteiger partial charge in [-0.05, 0) is 25.0 Å².